The Balaban J connectivity index is 2.40. The molecule has 2 rings (SSSR count). The van der Waals surface area contributed by atoms with Crippen LogP contribution in [0.2, 0.25) is 0 Å². The minimum atomic E-state index is -0.353. The van der Waals surface area contributed by atoms with Crippen molar-refractivity contribution in [3.63, 3.8) is 0 Å². The van der Waals surface area contributed by atoms with Gasteiger partial charge in [0.05, 0.1) is 6.20 Å². The van der Waals surface area contributed by atoms with Gasteiger partial charge < -0.3 is 0 Å². The van der Waals surface area contributed by atoms with Gasteiger partial charge in [-0.15, -0.1) is 0 Å². The summed E-state index contributed by atoms with van der Waals surface area (Å²) in [6, 6.07) is 1.61. The molecule has 0 aromatic carbocycles. The van der Waals surface area contributed by atoms with Crippen LogP contribution in [-0.2, 0) is 4.79 Å². The molecule has 72 valence electrons. The number of allylic oxidation sites excluding steroid dienone is 2. The molecule has 0 atom stereocenters. The second-order valence-corrected chi connectivity index (χ2v) is 3.34. The average molecular weight is 191 g/mol. The van der Waals surface area contributed by atoms with Gasteiger partial charge in [0.15, 0.2) is 5.78 Å². The molecule has 14 heavy (non-hydrogen) atoms. The summed E-state index contributed by atoms with van der Waals surface area (Å²) >= 11 is 0. The largest absolute Gasteiger partial charge is 0.295 e. The van der Waals surface area contributed by atoms with Crippen LogP contribution in [-0.4, -0.2) is 10.8 Å². The summed E-state index contributed by atoms with van der Waals surface area (Å²) in [5.41, 5.74) is 1.30. The van der Waals surface area contributed by atoms with Gasteiger partial charge in [-0.1, -0.05) is 0 Å². The van der Waals surface area contributed by atoms with Crippen LogP contribution in [0.25, 0.3) is 5.57 Å². The molecule has 1 aromatic rings. The first-order valence-electron chi connectivity index (χ1n) is 4.60. The number of rotatable bonds is 1. The molecular formula is C11H10FNO. The van der Waals surface area contributed by atoms with E-state index in [-0.39, 0.29) is 11.6 Å². The van der Waals surface area contributed by atoms with E-state index in [0.29, 0.717) is 12.0 Å². The fraction of sp³-hybridized carbons (Fsp3) is 0.273. The van der Waals surface area contributed by atoms with Crippen LogP contribution in [0.4, 0.5) is 4.39 Å². The molecule has 0 bridgehead atoms. The predicted octanol–water partition coefficient (Wildman–Crippen LogP) is 2.36. The van der Waals surface area contributed by atoms with Gasteiger partial charge in [-0.25, -0.2) is 4.39 Å². The highest BCUT2D eigenvalue weighted by Crippen LogP contribution is 2.26. The monoisotopic (exact) mass is 191 g/mol. The van der Waals surface area contributed by atoms with E-state index < -0.39 is 0 Å². The lowest BCUT2D eigenvalue weighted by Gasteiger charge is -2.12. The van der Waals surface area contributed by atoms with E-state index in [9.17, 15) is 9.18 Å². The standard InChI is InChI=1S/C11H10FNO/c12-11-7-13-5-4-10(11)8-2-1-3-9(14)6-8/h4-7H,1-3H2. The zero-order valence-corrected chi connectivity index (χ0v) is 7.66. The molecular weight excluding hydrogens is 181 g/mol. The van der Waals surface area contributed by atoms with Crippen LogP contribution in [0.1, 0.15) is 24.8 Å². The van der Waals surface area contributed by atoms with Gasteiger partial charge in [0.1, 0.15) is 5.82 Å². The third-order valence-corrected chi connectivity index (χ3v) is 2.32. The first kappa shape index (κ1) is 9.06. The highest BCUT2D eigenvalue weighted by molar-refractivity contribution is 5.98. The van der Waals surface area contributed by atoms with Crippen LogP contribution in [0.5, 0.6) is 0 Å². The van der Waals surface area contributed by atoms with Crippen LogP contribution in [0, 0.1) is 5.82 Å². The number of hydrogen-bond acceptors (Lipinski definition) is 2. The van der Waals surface area contributed by atoms with Crippen molar-refractivity contribution in [2.45, 2.75) is 19.3 Å². The van der Waals surface area contributed by atoms with Crippen molar-refractivity contribution >= 4 is 11.4 Å². The van der Waals surface area contributed by atoms with E-state index in [4.69, 9.17) is 0 Å². The second kappa shape index (κ2) is 3.70. The third-order valence-electron chi connectivity index (χ3n) is 2.32. The van der Waals surface area contributed by atoms with Gasteiger partial charge in [-0.3, -0.25) is 9.78 Å². The Bertz CT molecular complexity index is 398. The maximum Gasteiger partial charge on any atom is 0.155 e. The zero-order chi connectivity index (χ0) is 9.97. The molecule has 0 spiro atoms. The number of carbonyl (C=O) groups is 1. The Hall–Kier alpha value is -1.51. The van der Waals surface area contributed by atoms with E-state index in [1.54, 1.807) is 18.3 Å². The lowest BCUT2D eigenvalue weighted by atomic mass is 9.93. The topological polar surface area (TPSA) is 30.0 Å². The van der Waals surface area contributed by atoms with Crippen LogP contribution < -0.4 is 0 Å². The number of hydrogen-bond donors (Lipinski definition) is 0. The number of aromatic nitrogens is 1. The molecule has 1 aromatic heterocycles. The molecule has 0 saturated carbocycles. The molecule has 1 heterocycles. The summed E-state index contributed by atoms with van der Waals surface area (Å²) in [7, 11) is 0. The van der Waals surface area contributed by atoms with Crippen LogP contribution in [0.15, 0.2) is 24.5 Å². The highest BCUT2D eigenvalue weighted by Gasteiger charge is 2.14. The number of nitrogens with zero attached hydrogens (tertiary/aromatic N) is 1. The lowest BCUT2D eigenvalue weighted by Crippen LogP contribution is -2.03. The summed E-state index contributed by atoms with van der Waals surface area (Å²) in [6.45, 7) is 0. The number of carbonyl (C=O) groups excluding carboxylic acids is 1. The summed E-state index contributed by atoms with van der Waals surface area (Å²) < 4.78 is 13.3. The smallest absolute Gasteiger partial charge is 0.155 e. The van der Waals surface area contributed by atoms with Gasteiger partial charge in [0, 0.05) is 18.2 Å². The molecule has 1 aliphatic rings. The normalized spacial score (nSPS) is 16.6. The van der Waals surface area contributed by atoms with Gasteiger partial charge >= 0.3 is 0 Å². The molecule has 0 fully saturated rings. The summed E-state index contributed by atoms with van der Waals surface area (Å²) in [4.78, 5) is 14.8. The molecule has 2 nitrogen and oxygen atoms in total. The molecule has 0 aliphatic heterocycles. The van der Waals surface area contributed by atoms with Gasteiger partial charge in [0.25, 0.3) is 0 Å². The van der Waals surface area contributed by atoms with Crippen molar-refractivity contribution in [2.75, 3.05) is 0 Å². The maximum absolute atomic E-state index is 13.3. The predicted molar refractivity (Wildman–Crippen MR) is 51.0 cm³/mol. The van der Waals surface area contributed by atoms with Gasteiger partial charge in [0.2, 0.25) is 0 Å². The van der Waals surface area contributed by atoms with Crippen molar-refractivity contribution in [3.8, 4) is 0 Å². The van der Waals surface area contributed by atoms with Crippen LogP contribution >= 0.6 is 0 Å². The SMILES string of the molecule is O=C1C=C(c2ccncc2F)CCC1. The molecule has 1 aliphatic carbocycles. The van der Waals surface area contributed by atoms with E-state index in [1.807, 2.05) is 0 Å². The first-order chi connectivity index (χ1) is 6.77. The molecule has 0 saturated heterocycles. The molecule has 0 amide bonds. The zero-order valence-electron chi connectivity index (χ0n) is 7.66. The Kier molecular flexibility index (Phi) is 2.39. The molecule has 0 unspecified atom stereocenters. The Morgan fingerprint density at radius 2 is 2.21 bits per heavy atom. The summed E-state index contributed by atoms with van der Waals surface area (Å²) in [5, 5.41) is 0. The van der Waals surface area contributed by atoms with Gasteiger partial charge in [-0.05, 0) is 30.6 Å². The van der Waals surface area contributed by atoms with Crippen molar-refractivity contribution in [3.05, 3.63) is 35.9 Å². The van der Waals surface area contributed by atoms with Crippen molar-refractivity contribution < 1.29 is 9.18 Å². The number of pyridine rings is 1. The summed E-state index contributed by atoms with van der Waals surface area (Å²) in [6.07, 6.45) is 6.42. The average Bonchev–Trinajstić information content (AvgIpc) is 2.18. The highest BCUT2D eigenvalue weighted by atomic mass is 19.1. The minimum absolute atomic E-state index is 0.0856. The fourth-order valence-electron chi connectivity index (χ4n) is 1.64. The Morgan fingerprint density at radius 1 is 1.36 bits per heavy atom. The number of ketones is 1. The van der Waals surface area contributed by atoms with E-state index in [2.05, 4.69) is 4.98 Å². The van der Waals surface area contributed by atoms with Crippen molar-refractivity contribution in [1.29, 1.82) is 0 Å². The second-order valence-electron chi connectivity index (χ2n) is 3.34. The molecule has 3 heteroatoms. The minimum Gasteiger partial charge on any atom is -0.295 e. The van der Waals surface area contributed by atoms with Crippen molar-refractivity contribution in [1.82, 2.24) is 4.98 Å². The lowest BCUT2D eigenvalue weighted by molar-refractivity contribution is -0.114. The molecule has 0 radical (unpaired) electrons. The van der Waals surface area contributed by atoms with Gasteiger partial charge in [-0.2, -0.15) is 0 Å². The first-order valence-corrected chi connectivity index (χ1v) is 4.60. The Labute approximate surface area is 81.5 Å². The van der Waals surface area contributed by atoms with E-state index >= 15 is 0 Å². The van der Waals surface area contributed by atoms with Crippen LogP contribution in [0.3, 0.4) is 0 Å². The maximum atomic E-state index is 13.3. The van der Waals surface area contributed by atoms with E-state index in [0.717, 1.165) is 18.4 Å². The quantitative estimate of drug-likeness (QED) is 0.682. The fourth-order valence-corrected chi connectivity index (χ4v) is 1.64. The molecule has 0 N–H and O–H groups in total. The Morgan fingerprint density at radius 3 is 2.93 bits per heavy atom. The van der Waals surface area contributed by atoms with Crippen molar-refractivity contribution in [2.24, 2.45) is 0 Å². The number of halogens is 1. The third kappa shape index (κ3) is 1.71. The summed E-state index contributed by atoms with van der Waals surface area (Å²) in [5.74, 6) is -0.268. The van der Waals surface area contributed by atoms with E-state index in [1.165, 1.54) is 6.20 Å².